The van der Waals surface area contributed by atoms with Crippen LogP contribution in [0.25, 0.3) is 0 Å². The molecule has 0 saturated carbocycles. The quantitative estimate of drug-likeness (QED) is 0.808. The highest BCUT2D eigenvalue weighted by atomic mass is 16.4. The summed E-state index contributed by atoms with van der Waals surface area (Å²) in [5, 5.41) is 8.58. The molecule has 19 heavy (non-hydrogen) atoms. The van der Waals surface area contributed by atoms with Crippen molar-refractivity contribution in [3.05, 3.63) is 0 Å². The van der Waals surface area contributed by atoms with E-state index in [1.807, 2.05) is 7.05 Å². The van der Waals surface area contributed by atoms with Gasteiger partial charge in [0.25, 0.3) is 0 Å². The lowest BCUT2D eigenvalue weighted by Gasteiger charge is -2.36. The van der Waals surface area contributed by atoms with E-state index in [9.17, 15) is 9.59 Å². The molecule has 1 fully saturated rings. The number of urea groups is 1. The molecule has 2 amide bonds. The number of rotatable bonds is 5. The monoisotopic (exact) mass is 271 g/mol. The van der Waals surface area contributed by atoms with E-state index in [0.717, 1.165) is 25.9 Å². The van der Waals surface area contributed by atoms with Gasteiger partial charge in [0, 0.05) is 33.1 Å². The Morgan fingerprint density at radius 1 is 1.26 bits per heavy atom. The molecular weight excluding hydrogens is 246 g/mol. The molecular formula is C13H25N3O3. The van der Waals surface area contributed by atoms with E-state index in [4.69, 9.17) is 5.11 Å². The number of hydrogen-bond donors (Lipinski definition) is 1. The first kappa shape index (κ1) is 15.8. The molecule has 1 aliphatic heterocycles. The summed E-state index contributed by atoms with van der Waals surface area (Å²) < 4.78 is 0. The van der Waals surface area contributed by atoms with Gasteiger partial charge >= 0.3 is 12.0 Å². The van der Waals surface area contributed by atoms with Gasteiger partial charge in [-0.05, 0) is 39.4 Å². The highest BCUT2D eigenvalue weighted by Crippen LogP contribution is 2.15. The van der Waals surface area contributed by atoms with E-state index in [1.165, 1.54) is 0 Å². The first-order valence-corrected chi connectivity index (χ1v) is 6.80. The molecule has 1 heterocycles. The third-order valence-corrected chi connectivity index (χ3v) is 3.75. The summed E-state index contributed by atoms with van der Waals surface area (Å²) in [5.41, 5.74) is 0. The highest BCUT2D eigenvalue weighted by molar-refractivity contribution is 5.74. The number of carbonyl (C=O) groups excluding carboxylic acids is 1. The normalized spacial score (nSPS) is 17.2. The van der Waals surface area contributed by atoms with Crippen molar-refractivity contribution in [1.29, 1.82) is 0 Å². The van der Waals surface area contributed by atoms with Crippen LogP contribution in [-0.4, -0.2) is 78.6 Å². The first-order valence-electron chi connectivity index (χ1n) is 6.80. The number of piperidine rings is 1. The van der Waals surface area contributed by atoms with Gasteiger partial charge in [0.2, 0.25) is 0 Å². The van der Waals surface area contributed by atoms with Gasteiger partial charge in [-0.2, -0.15) is 0 Å². The van der Waals surface area contributed by atoms with Crippen LogP contribution in [0.1, 0.15) is 25.7 Å². The van der Waals surface area contributed by atoms with Gasteiger partial charge in [-0.3, -0.25) is 4.79 Å². The van der Waals surface area contributed by atoms with Crippen LogP contribution in [0.2, 0.25) is 0 Å². The molecule has 1 saturated heterocycles. The topological polar surface area (TPSA) is 64.1 Å². The Labute approximate surface area is 115 Å². The minimum atomic E-state index is -0.815. The summed E-state index contributed by atoms with van der Waals surface area (Å²) in [6, 6.07) is 0.283. The molecule has 0 aromatic carbocycles. The van der Waals surface area contributed by atoms with Crippen LogP contribution in [0.4, 0.5) is 4.79 Å². The summed E-state index contributed by atoms with van der Waals surface area (Å²) in [4.78, 5) is 28.3. The van der Waals surface area contributed by atoms with E-state index in [1.54, 1.807) is 16.8 Å². The summed E-state index contributed by atoms with van der Waals surface area (Å²) in [6.07, 6.45) is 2.61. The van der Waals surface area contributed by atoms with Crippen LogP contribution in [0, 0.1) is 0 Å². The van der Waals surface area contributed by atoms with Crippen molar-refractivity contribution in [2.24, 2.45) is 0 Å². The predicted octanol–water partition coefficient (Wildman–Crippen LogP) is 0.929. The van der Waals surface area contributed by atoms with Crippen molar-refractivity contribution >= 4 is 12.0 Å². The van der Waals surface area contributed by atoms with Crippen molar-refractivity contribution in [3.8, 4) is 0 Å². The van der Waals surface area contributed by atoms with Crippen molar-refractivity contribution in [3.63, 3.8) is 0 Å². The van der Waals surface area contributed by atoms with E-state index in [2.05, 4.69) is 11.9 Å². The van der Waals surface area contributed by atoms with Crippen molar-refractivity contribution in [1.82, 2.24) is 14.7 Å². The van der Waals surface area contributed by atoms with E-state index in [-0.39, 0.29) is 12.5 Å². The van der Waals surface area contributed by atoms with Crippen LogP contribution >= 0.6 is 0 Å². The average molecular weight is 271 g/mol. The first-order chi connectivity index (χ1) is 8.91. The van der Waals surface area contributed by atoms with Crippen LogP contribution in [0.3, 0.4) is 0 Å². The molecule has 0 aliphatic carbocycles. The molecule has 6 nitrogen and oxygen atoms in total. The van der Waals surface area contributed by atoms with Crippen LogP contribution in [0.5, 0.6) is 0 Å². The highest BCUT2D eigenvalue weighted by Gasteiger charge is 2.25. The molecule has 0 spiro atoms. The predicted molar refractivity (Wildman–Crippen MR) is 73.2 cm³/mol. The molecule has 110 valence electrons. The van der Waals surface area contributed by atoms with Gasteiger partial charge in [0.15, 0.2) is 0 Å². The second-order valence-corrected chi connectivity index (χ2v) is 5.35. The van der Waals surface area contributed by atoms with Gasteiger partial charge in [0.1, 0.15) is 0 Å². The molecule has 0 aromatic rings. The van der Waals surface area contributed by atoms with Gasteiger partial charge in [-0.1, -0.05) is 0 Å². The van der Waals surface area contributed by atoms with Gasteiger partial charge in [0.05, 0.1) is 0 Å². The molecule has 0 unspecified atom stereocenters. The number of likely N-dealkylation sites (tertiary alicyclic amines) is 1. The van der Waals surface area contributed by atoms with E-state index < -0.39 is 5.97 Å². The van der Waals surface area contributed by atoms with Crippen molar-refractivity contribution in [2.45, 2.75) is 31.7 Å². The fourth-order valence-electron chi connectivity index (χ4n) is 2.37. The SMILES string of the molecule is CN1CCC(N(C)C(=O)N(C)CCCC(=O)O)CC1. The Hall–Kier alpha value is -1.30. The third-order valence-electron chi connectivity index (χ3n) is 3.75. The molecule has 0 aromatic heterocycles. The molecule has 0 radical (unpaired) electrons. The van der Waals surface area contributed by atoms with Gasteiger partial charge in [-0.25, -0.2) is 4.79 Å². The lowest BCUT2D eigenvalue weighted by Crippen LogP contribution is -2.48. The van der Waals surface area contributed by atoms with E-state index >= 15 is 0 Å². The molecule has 1 aliphatic rings. The largest absolute Gasteiger partial charge is 0.481 e. The molecule has 0 atom stereocenters. The lowest BCUT2D eigenvalue weighted by molar-refractivity contribution is -0.137. The zero-order valence-electron chi connectivity index (χ0n) is 12.1. The maximum absolute atomic E-state index is 12.2. The fraction of sp³-hybridized carbons (Fsp3) is 0.846. The zero-order valence-corrected chi connectivity index (χ0v) is 12.1. The summed E-state index contributed by atoms with van der Waals surface area (Å²) >= 11 is 0. The number of amides is 2. The number of aliphatic carboxylic acids is 1. The van der Waals surface area contributed by atoms with Crippen LogP contribution in [0.15, 0.2) is 0 Å². The van der Waals surface area contributed by atoms with Crippen molar-refractivity contribution < 1.29 is 14.7 Å². The minimum absolute atomic E-state index is 0.0139. The lowest BCUT2D eigenvalue weighted by atomic mass is 10.0. The summed E-state index contributed by atoms with van der Waals surface area (Å²) in [5.74, 6) is -0.815. The van der Waals surface area contributed by atoms with Crippen molar-refractivity contribution in [2.75, 3.05) is 40.8 Å². The van der Waals surface area contributed by atoms with Gasteiger partial charge in [-0.15, -0.1) is 0 Å². The summed E-state index contributed by atoms with van der Waals surface area (Å²) in [6.45, 7) is 2.53. The fourth-order valence-corrected chi connectivity index (χ4v) is 2.37. The smallest absolute Gasteiger partial charge is 0.319 e. The minimum Gasteiger partial charge on any atom is -0.481 e. The number of hydrogen-bond acceptors (Lipinski definition) is 3. The third kappa shape index (κ3) is 5.06. The second kappa shape index (κ2) is 7.33. The Balaban J connectivity index is 2.36. The Morgan fingerprint density at radius 3 is 2.37 bits per heavy atom. The molecule has 0 bridgehead atoms. The molecule has 6 heteroatoms. The van der Waals surface area contributed by atoms with Crippen LogP contribution in [-0.2, 0) is 4.79 Å². The second-order valence-electron chi connectivity index (χ2n) is 5.35. The Morgan fingerprint density at radius 2 is 1.84 bits per heavy atom. The Bertz CT molecular complexity index is 314. The maximum atomic E-state index is 12.2. The summed E-state index contributed by atoms with van der Waals surface area (Å²) in [7, 11) is 5.66. The van der Waals surface area contributed by atoms with Gasteiger partial charge < -0.3 is 19.8 Å². The number of carboxylic acids is 1. The number of nitrogens with zero attached hydrogens (tertiary/aromatic N) is 3. The van der Waals surface area contributed by atoms with Crippen LogP contribution < -0.4 is 0 Å². The zero-order chi connectivity index (χ0) is 14.4. The van der Waals surface area contributed by atoms with E-state index in [0.29, 0.717) is 19.0 Å². The average Bonchev–Trinajstić information content (AvgIpc) is 2.37. The number of carboxylic acid groups (broad SMARTS) is 1. The molecule has 1 rings (SSSR count). The maximum Gasteiger partial charge on any atom is 0.319 e. The number of carbonyl (C=O) groups is 2. The molecule has 1 N–H and O–H groups in total. The Kier molecular flexibility index (Phi) is 6.08. The standard InChI is InChI=1S/C13H25N3O3/c1-14-9-6-11(7-10-14)16(3)13(19)15(2)8-4-5-12(17)18/h11H,4-10H2,1-3H3,(H,17,18).